The van der Waals surface area contributed by atoms with Gasteiger partial charge in [0.25, 0.3) is 0 Å². The van der Waals surface area contributed by atoms with Gasteiger partial charge in [0.1, 0.15) is 18.1 Å². The molecule has 142 valence electrons. The number of ether oxygens (including phenoxy) is 3. The smallest absolute Gasteiger partial charge is 0.414 e. The van der Waals surface area contributed by atoms with E-state index < -0.39 is 0 Å². The number of hydrogen-bond donors (Lipinski definition) is 0. The molecule has 2 aliphatic heterocycles. The number of carbonyl (C=O) groups excluding carboxylic acids is 1. The molecule has 0 radical (unpaired) electrons. The van der Waals surface area contributed by atoms with Gasteiger partial charge in [0.05, 0.1) is 25.9 Å². The molecular weight excluding hydrogens is 344 g/mol. The van der Waals surface area contributed by atoms with Crippen molar-refractivity contribution in [2.75, 3.05) is 32.3 Å². The number of carbonyl (C=O) groups is 1. The van der Waals surface area contributed by atoms with Crippen molar-refractivity contribution < 1.29 is 19.0 Å². The van der Waals surface area contributed by atoms with Crippen LogP contribution in [0.4, 0.5) is 10.5 Å². The highest BCUT2D eigenvalue weighted by Gasteiger charge is 2.37. The number of hydrogen-bond acceptors (Lipinski definition) is 5. The molecule has 4 rings (SSSR count). The number of amides is 1. The molecule has 0 bridgehead atoms. The summed E-state index contributed by atoms with van der Waals surface area (Å²) < 4.78 is 16.0. The molecule has 2 aliphatic rings. The van der Waals surface area contributed by atoms with E-state index in [4.69, 9.17) is 14.2 Å². The highest BCUT2D eigenvalue weighted by Crippen LogP contribution is 2.34. The predicted molar refractivity (Wildman–Crippen MR) is 102 cm³/mol. The van der Waals surface area contributed by atoms with Crippen LogP contribution in [0.25, 0.3) is 0 Å². The fraction of sp³-hybridized carbons (Fsp3) is 0.381. The summed E-state index contributed by atoms with van der Waals surface area (Å²) >= 11 is 0. The van der Waals surface area contributed by atoms with Crippen LogP contribution in [-0.4, -0.2) is 44.4 Å². The minimum absolute atomic E-state index is 0.0725. The average Bonchev–Trinajstić information content (AvgIpc) is 3.05. The summed E-state index contributed by atoms with van der Waals surface area (Å²) in [5, 5.41) is 0. The third-order valence-corrected chi connectivity index (χ3v) is 5.24. The van der Waals surface area contributed by atoms with Crippen LogP contribution in [0.15, 0.2) is 42.5 Å². The Kier molecular flexibility index (Phi) is 4.90. The van der Waals surface area contributed by atoms with Crippen molar-refractivity contribution in [2.24, 2.45) is 0 Å². The number of benzene rings is 2. The van der Waals surface area contributed by atoms with Gasteiger partial charge in [-0.05, 0) is 47.9 Å². The van der Waals surface area contributed by atoms with E-state index in [1.807, 2.05) is 30.3 Å². The summed E-state index contributed by atoms with van der Waals surface area (Å²) in [5.41, 5.74) is 3.23. The molecule has 0 spiro atoms. The van der Waals surface area contributed by atoms with Crippen LogP contribution in [0.5, 0.6) is 11.5 Å². The van der Waals surface area contributed by atoms with Gasteiger partial charge in [-0.25, -0.2) is 4.79 Å². The zero-order chi connectivity index (χ0) is 18.8. The highest BCUT2D eigenvalue weighted by atomic mass is 16.6. The van der Waals surface area contributed by atoms with Gasteiger partial charge in [-0.2, -0.15) is 0 Å². The molecular formula is C21H24N2O4. The van der Waals surface area contributed by atoms with E-state index >= 15 is 0 Å². The largest absolute Gasteiger partial charge is 0.497 e. The van der Waals surface area contributed by atoms with Crippen molar-refractivity contribution in [1.82, 2.24) is 4.90 Å². The molecule has 2 heterocycles. The lowest BCUT2D eigenvalue weighted by atomic mass is 10.0. The number of anilines is 1. The van der Waals surface area contributed by atoms with Crippen LogP contribution in [0.2, 0.25) is 0 Å². The van der Waals surface area contributed by atoms with Crippen molar-refractivity contribution in [1.29, 1.82) is 0 Å². The number of methoxy groups -OCH3 is 2. The molecule has 2 aromatic carbocycles. The van der Waals surface area contributed by atoms with Gasteiger partial charge in [0.2, 0.25) is 0 Å². The second-order valence-corrected chi connectivity index (χ2v) is 6.94. The monoisotopic (exact) mass is 368 g/mol. The summed E-state index contributed by atoms with van der Waals surface area (Å²) in [6, 6.07) is 14.1. The van der Waals surface area contributed by atoms with Crippen molar-refractivity contribution in [2.45, 2.75) is 25.6 Å². The van der Waals surface area contributed by atoms with E-state index in [1.54, 1.807) is 19.1 Å². The second kappa shape index (κ2) is 7.48. The minimum Gasteiger partial charge on any atom is -0.497 e. The van der Waals surface area contributed by atoms with Gasteiger partial charge in [-0.15, -0.1) is 0 Å². The molecule has 6 heteroatoms. The first-order valence-electron chi connectivity index (χ1n) is 9.16. The Bertz CT molecular complexity index is 821. The van der Waals surface area contributed by atoms with E-state index in [0.29, 0.717) is 6.61 Å². The average molecular weight is 368 g/mol. The lowest BCUT2D eigenvalue weighted by Crippen LogP contribution is -2.40. The Morgan fingerprint density at radius 2 is 1.81 bits per heavy atom. The SMILES string of the molecule is COc1ccc(CN2CCC3COC(=O)N3c3ccc(OC)cc3C2)cc1. The van der Waals surface area contributed by atoms with E-state index in [0.717, 1.165) is 48.8 Å². The van der Waals surface area contributed by atoms with Crippen molar-refractivity contribution in [3.05, 3.63) is 53.6 Å². The minimum atomic E-state index is -0.255. The Hall–Kier alpha value is -2.73. The van der Waals surface area contributed by atoms with Gasteiger partial charge in [-0.1, -0.05) is 12.1 Å². The first-order valence-corrected chi connectivity index (χ1v) is 9.16. The Balaban J connectivity index is 1.62. The molecule has 1 fully saturated rings. The molecule has 0 N–H and O–H groups in total. The molecule has 6 nitrogen and oxygen atoms in total. The van der Waals surface area contributed by atoms with E-state index in [1.165, 1.54) is 5.56 Å². The third kappa shape index (κ3) is 3.57. The molecule has 0 aliphatic carbocycles. The normalized spacial score (nSPS) is 19.6. The Morgan fingerprint density at radius 1 is 1.07 bits per heavy atom. The lowest BCUT2D eigenvalue weighted by Gasteiger charge is -2.32. The molecule has 1 unspecified atom stereocenters. The van der Waals surface area contributed by atoms with Gasteiger partial charge in [-0.3, -0.25) is 9.80 Å². The molecule has 27 heavy (non-hydrogen) atoms. The molecule has 2 aromatic rings. The fourth-order valence-electron chi connectivity index (χ4n) is 3.79. The van der Waals surface area contributed by atoms with Gasteiger partial charge >= 0.3 is 6.09 Å². The summed E-state index contributed by atoms with van der Waals surface area (Å²) in [4.78, 5) is 16.5. The molecule has 1 amide bonds. The molecule has 0 saturated carbocycles. The Morgan fingerprint density at radius 3 is 2.56 bits per heavy atom. The highest BCUT2D eigenvalue weighted by molar-refractivity contribution is 5.91. The summed E-state index contributed by atoms with van der Waals surface area (Å²) in [6.45, 7) is 2.92. The maximum absolute atomic E-state index is 12.3. The quantitative estimate of drug-likeness (QED) is 0.828. The van der Waals surface area contributed by atoms with Crippen LogP contribution >= 0.6 is 0 Å². The maximum Gasteiger partial charge on any atom is 0.414 e. The molecule has 1 atom stereocenters. The summed E-state index contributed by atoms with van der Waals surface area (Å²) in [6.07, 6.45) is 0.628. The first-order chi connectivity index (χ1) is 13.2. The summed E-state index contributed by atoms with van der Waals surface area (Å²) in [5.74, 6) is 1.65. The molecule has 0 aromatic heterocycles. The van der Waals surface area contributed by atoms with E-state index in [-0.39, 0.29) is 12.1 Å². The second-order valence-electron chi connectivity index (χ2n) is 6.94. The van der Waals surface area contributed by atoms with Crippen LogP contribution in [0, 0.1) is 0 Å². The van der Waals surface area contributed by atoms with Gasteiger partial charge < -0.3 is 14.2 Å². The zero-order valence-corrected chi connectivity index (χ0v) is 15.7. The Labute approximate surface area is 159 Å². The number of cyclic esters (lactones) is 1. The van der Waals surface area contributed by atoms with Crippen LogP contribution in [0.1, 0.15) is 17.5 Å². The van der Waals surface area contributed by atoms with Crippen LogP contribution in [-0.2, 0) is 17.8 Å². The third-order valence-electron chi connectivity index (χ3n) is 5.24. The van der Waals surface area contributed by atoms with Crippen molar-refractivity contribution in [3.63, 3.8) is 0 Å². The van der Waals surface area contributed by atoms with Crippen LogP contribution < -0.4 is 14.4 Å². The fourth-order valence-corrected chi connectivity index (χ4v) is 3.79. The maximum atomic E-state index is 12.3. The lowest BCUT2D eigenvalue weighted by molar-refractivity contribution is 0.177. The topological polar surface area (TPSA) is 51.2 Å². The van der Waals surface area contributed by atoms with Crippen LogP contribution in [0.3, 0.4) is 0 Å². The van der Waals surface area contributed by atoms with Crippen molar-refractivity contribution in [3.8, 4) is 11.5 Å². The number of nitrogens with zero attached hydrogens (tertiary/aromatic N) is 2. The number of fused-ring (bicyclic) bond motifs is 3. The van der Waals surface area contributed by atoms with Gasteiger partial charge in [0.15, 0.2) is 0 Å². The summed E-state index contributed by atoms with van der Waals surface area (Å²) in [7, 11) is 3.33. The zero-order valence-electron chi connectivity index (χ0n) is 15.7. The number of rotatable bonds is 4. The van der Waals surface area contributed by atoms with E-state index in [9.17, 15) is 4.79 Å². The van der Waals surface area contributed by atoms with Crippen molar-refractivity contribution >= 4 is 11.8 Å². The standard InChI is InChI=1S/C21H24N2O4/c1-25-18-5-3-15(4-6-18)12-22-10-9-17-14-27-21(24)23(17)20-8-7-19(26-2)11-16(20)13-22/h3-8,11,17H,9-10,12-14H2,1-2H3. The first kappa shape index (κ1) is 17.7. The van der Waals surface area contributed by atoms with E-state index in [2.05, 4.69) is 17.0 Å². The molecule has 1 saturated heterocycles. The predicted octanol–water partition coefficient (Wildman–Crippen LogP) is 3.43. The van der Waals surface area contributed by atoms with Gasteiger partial charge in [0, 0.05) is 19.6 Å².